The molecule has 2 nitrogen and oxygen atoms in total. The SMILES string of the molecule is O=C(O)[C@]1(Cc2ccc(Cl)cc2)C[C@@H]2CC[C@@H]1C2. The molecule has 0 radical (unpaired) electrons. The fourth-order valence-corrected chi connectivity index (χ4v) is 4.09. The lowest BCUT2D eigenvalue weighted by Crippen LogP contribution is -2.38. The Hall–Kier alpha value is -1.02. The number of benzene rings is 1. The van der Waals surface area contributed by atoms with E-state index in [1.807, 2.05) is 24.3 Å². The predicted molar refractivity (Wildman–Crippen MR) is 70.7 cm³/mol. The summed E-state index contributed by atoms with van der Waals surface area (Å²) >= 11 is 5.87. The second-order valence-corrected chi connectivity index (χ2v) is 6.28. The number of halogens is 1. The van der Waals surface area contributed by atoms with Gasteiger partial charge in [0.15, 0.2) is 0 Å². The third-order valence-electron chi connectivity index (χ3n) is 4.83. The Morgan fingerprint density at radius 3 is 2.56 bits per heavy atom. The smallest absolute Gasteiger partial charge is 0.310 e. The standard InChI is InChI=1S/C15H17ClO2/c16-13-5-2-10(3-6-13)8-15(14(17)18)9-11-1-4-12(15)7-11/h2-3,5-6,11-12H,1,4,7-9H2,(H,17,18)/t11-,12-,15-/m1/s1. The number of fused-ring (bicyclic) bond motifs is 2. The molecule has 18 heavy (non-hydrogen) atoms. The van der Waals surface area contributed by atoms with Gasteiger partial charge in [-0.3, -0.25) is 4.79 Å². The molecule has 2 saturated carbocycles. The monoisotopic (exact) mass is 264 g/mol. The molecule has 0 unspecified atom stereocenters. The molecule has 0 aromatic heterocycles. The maximum atomic E-state index is 11.8. The van der Waals surface area contributed by atoms with E-state index in [2.05, 4.69) is 0 Å². The van der Waals surface area contributed by atoms with Crippen molar-refractivity contribution >= 4 is 17.6 Å². The highest BCUT2D eigenvalue weighted by atomic mass is 35.5. The number of carboxylic acid groups (broad SMARTS) is 1. The molecule has 0 spiro atoms. The van der Waals surface area contributed by atoms with Crippen LogP contribution in [-0.2, 0) is 11.2 Å². The van der Waals surface area contributed by atoms with E-state index in [0.29, 0.717) is 23.3 Å². The molecule has 1 aromatic rings. The lowest BCUT2D eigenvalue weighted by molar-refractivity contribution is -0.152. The molecule has 3 heteroatoms. The van der Waals surface area contributed by atoms with Crippen LogP contribution >= 0.6 is 11.6 Å². The molecular weight excluding hydrogens is 248 g/mol. The summed E-state index contributed by atoms with van der Waals surface area (Å²) in [6.45, 7) is 0. The first-order chi connectivity index (χ1) is 8.60. The van der Waals surface area contributed by atoms with Gasteiger partial charge in [0.25, 0.3) is 0 Å². The Kier molecular flexibility index (Phi) is 2.86. The third kappa shape index (κ3) is 1.83. The van der Waals surface area contributed by atoms with Crippen molar-refractivity contribution in [3.05, 3.63) is 34.9 Å². The molecule has 2 aliphatic rings. The van der Waals surface area contributed by atoms with Gasteiger partial charge in [0.1, 0.15) is 0 Å². The highest BCUT2D eigenvalue weighted by molar-refractivity contribution is 6.30. The maximum absolute atomic E-state index is 11.8. The van der Waals surface area contributed by atoms with Crippen molar-refractivity contribution in [1.29, 1.82) is 0 Å². The second-order valence-electron chi connectivity index (χ2n) is 5.84. The fraction of sp³-hybridized carbons (Fsp3) is 0.533. The Labute approximate surface area is 112 Å². The number of aliphatic carboxylic acids is 1. The molecule has 3 rings (SSSR count). The van der Waals surface area contributed by atoms with Gasteiger partial charge in [0, 0.05) is 5.02 Å². The molecule has 0 amide bonds. The van der Waals surface area contributed by atoms with Gasteiger partial charge in [-0.05, 0) is 55.2 Å². The minimum Gasteiger partial charge on any atom is -0.481 e. The van der Waals surface area contributed by atoms with Crippen molar-refractivity contribution < 1.29 is 9.90 Å². The number of carboxylic acids is 1. The summed E-state index contributed by atoms with van der Waals surface area (Å²) in [5, 5.41) is 10.4. The zero-order valence-electron chi connectivity index (χ0n) is 10.2. The van der Waals surface area contributed by atoms with Crippen molar-refractivity contribution in [2.24, 2.45) is 17.3 Å². The first kappa shape index (κ1) is 12.0. The molecule has 2 aliphatic carbocycles. The number of rotatable bonds is 3. The van der Waals surface area contributed by atoms with Gasteiger partial charge in [-0.15, -0.1) is 0 Å². The van der Waals surface area contributed by atoms with Crippen molar-refractivity contribution in [3.8, 4) is 0 Å². The van der Waals surface area contributed by atoms with E-state index in [0.717, 1.165) is 24.8 Å². The average Bonchev–Trinajstić information content (AvgIpc) is 2.93. The zero-order chi connectivity index (χ0) is 12.8. The van der Waals surface area contributed by atoms with Gasteiger partial charge in [-0.2, -0.15) is 0 Å². The topological polar surface area (TPSA) is 37.3 Å². The van der Waals surface area contributed by atoms with E-state index in [-0.39, 0.29) is 0 Å². The van der Waals surface area contributed by atoms with E-state index < -0.39 is 11.4 Å². The van der Waals surface area contributed by atoms with E-state index in [1.165, 1.54) is 6.42 Å². The minimum atomic E-state index is -0.607. The molecule has 1 aromatic carbocycles. The molecule has 2 bridgehead atoms. The van der Waals surface area contributed by atoms with Crippen molar-refractivity contribution in [3.63, 3.8) is 0 Å². The van der Waals surface area contributed by atoms with Crippen LogP contribution in [0.3, 0.4) is 0 Å². The Bertz CT molecular complexity index is 468. The Morgan fingerprint density at radius 1 is 1.33 bits per heavy atom. The highest BCUT2D eigenvalue weighted by Gasteiger charge is 2.55. The van der Waals surface area contributed by atoms with Crippen LogP contribution in [0, 0.1) is 17.3 Å². The van der Waals surface area contributed by atoms with E-state index in [1.54, 1.807) is 0 Å². The Morgan fingerprint density at radius 2 is 2.06 bits per heavy atom. The first-order valence-electron chi connectivity index (χ1n) is 6.58. The zero-order valence-corrected chi connectivity index (χ0v) is 11.0. The van der Waals surface area contributed by atoms with Gasteiger partial charge in [-0.25, -0.2) is 0 Å². The molecular formula is C15H17ClO2. The first-order valence-corrected chi connectivity index (χ1v) is 6.96. The summed E-state index contributed by atoms with van der Waals surface area (Å²) in [5.74, 6) is 0.402. The average molecular weight is 265 g/mol. The normalized spacial score (nSPS) is 33.8. The van der Waals surface area contributed by atoms with E-state index >= 15 is 0 Å². The van der Waals surface area contributed by atoms with Crippen LogP contribution in [0.2, 0.25) is 5.02 Å². The minimum absolute atomic E-state index is 0.371. The summed E-state index contributed by atoms with van der Waals surface area (Å²) in [5.41, 5.74) is 0.575. The van der Waals surface area contributed by atoms with Gasteiger partial charge >= 0.3 is 5.97 Å². The second kappa shape index (κ2) is 4.27. The van der Waals surface area contributed by atoms with Crippen LogP contribution in [0.4, 0.5) is 0 Å². The quantitative estimate of drug-likeness (QED) is 0.902. The largest absolute Gasteiger partial charge is 0.481 e. The van der Waals surface area contributed by atoms with Gasteiger partial charge in [0.2, 0.25) is 0 Å². The molecule has 0 heterocycles. The maximum Gasteiger partial charge on any atom is 0.310 e. The molecule has 3 atom stereocenters. The lowest BCUT2D eigenvalue weighted by Gasteiger charge is -2.33. The Balaban J connectivity index is 1.88. The van der Waals surface area contributed by atoms with Crippen molar-refractivity contribution in [1.82, 2.24) is 0 Å². The van der Waals surface area contributed by atoms with Crippen LogP contribution < -0.4 is 0 Å². The summed E-state index contributed by atoms with van der Waals surface area (Å²) < 4.78 is 0. The van der Waals surface area contributed by atoms with Crippen LogP contribution in [0.5, 0.6) is 0 Å². The summed E-state index contributed by atoms with van der Waals surface area (Å²) in [7, 11) is 0. The number of hydrogen-bond donors (Lipinski definition) is 1. The van der Waals surface area contributed by atoms with Crippen LogP contribution in [0.25, 0.3) is 0 Å². The summed E-state index contributed by atoms with van der Waals surface area (Å²) in [6.07, 6.45) is 4.93. The predicted octanol–water partition coefficient (Wildman–Crippen LogP) is 3.77. The van der Waals surface area contributed by atoms with Crippen LogP contribution in [0.15, 0.2) is 24.3 Å². The third-order valence-corrected chi connectivity index (χ3v) is 5.09. The molecule has 1 N–H and O–H groups in total. The van der Waals surface area contributed by atoms with Gasteiger partial charge in [0.05, 0.1) is 5.41 Å². The fourth-order valence-electron chi connectivity index (χ4n) is 3.96. The molecule has 0 saturated heterocycles. The molecule has 2 fully saturated rings. The number of hydrogen-bond acceptors (Lipinski definition) is 1. The van der Waals surface area contributed by atoms with Gasteiger partial charge in [-0.1, -0.05) is 30.2 Å². The van der Waals surface area contributed by atoms with E-state index in [9.17, 15) is 9.90 Å². The lowest BCUT2D eigenvalue weighted by atomic mass is 9.69. The van der Waals surface area contributed by atoms with Crippen LogP contribution in [-0.4, -0.2) is 11.1 Å². The van der Waals surface area contributed by atoms with Crippen molar-refractivity contribution in [2.75, 3.05) is 0 Å². The highest BCUT2D eigenvalue weighted by Crippen LogP contribution is 2.57. The molecule has 0 aliphatic heterocycles. The molecule has 96 valence electrons. The van der Waals surface area contributed by atoms with E-state index in [4.69, 9.17) is 11.6 Å². The van der Waals surface area contributed by atoms with Gasteiger partial charge < -0.3 is 5.11 Å². The number of carbonyl (C=O) groups is 1. The van der Waals surface area contributed by atoms with Crippen LogP contribution in [0.1, 0.15) is 31.2 Å². The van der Waals surface area contributed by atoms with Crippen molar-refractivity contribution in [2.45, 2.75) is 32.1 Å². The summed E-state index contributed by atoms with van der Waals surface area (Å²) in [4.78, 5) is 11.8. The summed E-state index contributed by atoms with van der Waals surface area (Å²) in [6, 6.07) is 7.61.